The lowest BCUT2D eigenvalue weighted by Crippen LogP contribution is -2.29. The van der Waals surface area contributed by atoms with Crippen LogP contribution in [-0.4, -0.2) is 25.8 Å². The van der Waals surface area contributed by atoms with E-state index in [9.17, 15) is 4.79 Å². The van der Waals surface area contributed by atoms with E-state index in [1.807, 2.05) is 18.2 Å². The molecule has 0 aliphatic heterocycles. The van der Waals surface area contributed by atoms with Crippen LogP contribution >= 0.6 is 15.9 Å². The van der Waals surface area contributed by atoms with Crippen LogP contribution in [0.25, 0.3) is 0 Å². The van der Waals surface area contributed by atoms with E-state index in [1.54, 1.807) is 24.3 Å². The molecule has 2 rings (SSSR count). The predicted molar refractivity (Wildman–Crippen MR) is 97.2 cm³/mol. The van der Waals surface area contributed by atoms with Crippen molar-refractivity contribution in [2.24, 2.45) is 5.16 Å². The lowest BCUT2D eigenvalue weighted by molar-refractivity contribution is -0.114. The standard InChI is InChI=1S/C18H16BrN3O3/c1-21-18(23)17(22-24-2)14-6-4-3-5-13(14)11-25-16-8-7-12(10-20)9-15(16)19/h3-9H,11H2,1-2H3,(H,21,23)/b22-17+. The van der Waals surface area contributed by atoms with E-state index in [0.29, 0.717) is 21.3 Å². The van der Waals surface area contributed by atoms with Gasteiger partial charge in [0.15, 0.2) is 5.71 Å². The summed E-state index contributed by atoms with van der Waals surface area (Å²) in [6.07, 6.45) is 0. The molecule has 0 spiro atoms. The fourth-order valence-electron chi connectivity index (χ4n) is 2.14. The third-order valence-electron chi connectivity index (χ3n) is 3.34. The van der Waals surface area contributed by atoms with E-state index in [0.717, 1.165) is 5.56 Å². The number of nitriles is 1. The van der Waals surface area contributed by atoms with Crippen LogP contribution in [0.3, 0.4) is 0 Å². The minimum Gasteiger partial charge on any atom is -0.488 e. The lowest BCUT2D eigenvalue weighted by Gasteiger charge is -2.13. The Kier molecular flexibility index (Phi) is 6.54. The predicted octanol–water partition coefficient (Wildman–Crippen LogP) is 3.00. The highest BCUT2D eigenvalue weighted by atomic mass is 79.9. The van der Waals surface area contributed by atoms with E-state index in [4.69, 9.17) is 14.8 Å². The summed E-state index contributed by atoms with van der Waals surface area (Å²) in [4.78, 5) is 16.8. The Morgan fingerprint density at radius 2 is 2.08 bits per heavy atom. The average Bonchev–Trinajstić information content (AvgIpc) is 2.64. The first kappa shape index (κ1) is 18.5. The van der Waals surface area contributed by atoms with Crippen LogP contribution in [0, 0.1) is 11.3 Å². The van der Waals surface area contributed by atoms with Crippen LogP contribution in [0.4, 0.5) is 0 Å². The number of carbonyl (C=O) groups excluding carboxylic acids is 1. The van der Waals surface area contributed by atoms with E-state index in [1.165, 1.54) is 14.2 Å². The molecule has 0 bridgehead atoms. The smallest absolute Gasteiger partial charge is 0.273 e. The number of likely N-dealkylation sites (N-methyl/N-ethyl adjacent to an activating group) is 1. The first-order valence-electron chi connectivity index (χ1n) is 7.34. The Morgan fingerprint density at radius 1 is 1.32 bits per heavy atom. The van der Waals surface area contributed by atoms with Gasteiger partial charge in [-0.3, -0.25) is 4.79 Å². The van der Waals surface area contributed by atoms with Crippen molar-refractivity contribution in [2.75, 3.05) is 14.2 Å². The van der Waals surface area contributed by atoms with Gasteiger partial charge >= 0.3 is 0 Å². The zero-order chi connectivity index (χ0) is 18.2. The molecule has 0 heterocycles. The van der Waals surface area contributed by atoms with Gasteiger partial charge in [-0.1, -0.05) is 29.4 Å². The number of oxime groups is 1. The number of hydrogen-bond donors (Lipinski definition) is 1. The third-order valence-corrected chi connectivity index (χ3v) is 3.96. The van der Waals surface area contributed by atoms with Crippen molar-refractivity contribution >= 4 is 27.5 Å². The topological polar surface area (TPSA) is 83.7 Å². The maximum Gasteiger partial charge on any atom is 0.273 e. The fraction of sp³-hybridized carbons (Fsp3) is 0.167. The van der Waals surface area contributed by atoms with E-state index >= 15 is 0 Å². The molecule has 0 aliphatic rings. The number of nitrogens with zero attached hydrogens (tertiary/aromatic N) is 2. The number of amides is 1. The molecule has 2 aromatic rings. The first-order valence-corrected chi connectivity index (χ1v) is 8.14. The molecule has 0 saturated heterocycles. The Labute approximate surface area is 154 Å². The average molecular weight is 402 g/mol. The van der Waals surface area contributed by atoms with Crippen molar-refractivity contribution < 1.29 is 14.4 Å². The van der Waals surface area contributed by atoms with Gasteiger partial charge in [0.2, 0.25) is 0 Å². The Hall–Kier alpha value is -2.85. The Bertz CT molecular complexity index is 844. The molecule has 0 radical (unpaired) electrons. The number of halogens is 1. The summed E-state index contributed by atoms with van der Waals surface area (Å²) < 4.78 is 6.50. The molecule has 1 N–H and O–H groups in total. The van der Waals surface area contributed by atoms with Gasteiger partial charge in [-0.25, -0.2) is 0 Å². The molecule has 0 aromatic heterocycles. The number of carbonyl (C=O) groups is 1. The molecule has 0 unspecified atom stereocenters. The van der Waals surface area contributed by atoms with Crippen molar-refractivity contribution in [1.29, 1.82) is 5.26 Å². The zero-order valence-electron chi connectivity index (χ0n) is 13.7. The number of rotatable bonds is 6. The number of nitrogens with one attached hydrogen (secondary N) is 1. The molecule has 25 heavy (non-hydrogen) atoms. The fourth-order valence-corrected chi connectivity index (χ4v) is 2.64. The normalized spacial score (nSPS) is 10.7. The number of benzene rings is 2. The highest BCUT2D eigenvalue weighted by molar-refractivity contribution is 9.10. The second-order valence-electron chi connectivity index (χ2n) is 4.90. The highest BCUT2D eigenvalue weighted by Gasteiger charge is 2.17. The van der Waals surface area contributed by atoms with Crippen molar-refractivity contribution in [1.82, 2.24) is 5.32 Å². The van der Waals surface area contributed by atoms with Crippen LogP contribution in [0.1, 0.15) is 16.7 Å². The van der Waals surface area contributed by atoms with Crippen LogP contribution < -0.4 is 10.1 Å². The molecule has 0 fully saturated rings. The largest absolute Gasteiger partial charge is 0.488 e. The van der Waals surface area contributed by atoms with Crippen molar-refractivity contribution in [2.45, 2.75) is 6.61 Å². The van der Waals surface area contributed by atoms with E-state index in [2.05, 4.69) is 32.5 Å². The van der Waals surface area contributed by atoms with Gasteiger partial charge in [0.1, 0.15) is 19.5 Å². The third kappa shape index (κ3) is 4.58. The molecule has 0 saturated carbocycles. The number of ether oxygens (including phenoxy) is 1. The van der Waals surface area contributed by atoms with E-state index in [-0.39, 0.29) is 18.2 Å². The maximum atomic E-state index is 12.1. The molecular formula is C18H16BrN3O3. The van der Waals surface area contributed by atoms with Gasteiger partial charge in [-0.2, -0.15) is 5.26 Å². The zero-order valence-corrected chi connectivity index (χ0v) is 15.3. The minimum atomic E-state index is -0.353. The summed E-state index contributed by atoms with van der Waals surface area (Å²) in [5.41, 5.74) is 2.10. The van der Waals surface area contributed by atoms with Gasteiger partial charge in [0.25, 0.3) is 5.91 Å². The Balaban J connectivity index is 2.28. The summed E-state index contributed by atoms with van der Waals surface area (Å²) >= 11 is 3.38. The van der Waals surface area contributed by atoms with Crippen LogP contribution in [-0.2, 0) is 16.2 Å². The Morgan fingerprint density at radius 3 is 2.72 bits per heavy atom. The SMILES string of the molecule is CNC(=O)/C(=N/OC)c1ccccc1COc1ccc(C#N)cc1Br. The van der Waals surface area contributed by atoms with Gasteiger partial charge in [-0.15, -0.1) is 0 Å². The summed E-state index contributed by atoms with van der Waals surface area (Å²) in [6.45, 7) is 0.223. The van der Waals surface area contributed by atoms with Crippen molar-refractivity contribution in [3.63, 3.8) is 0 Å². The second kappa shape index (κ2) is 8.85. The van der Waals surface area contributed by atoms with E-state index < -0.39 is 0 Å². The summed E-state index contributed by atoms with van der Waals surface area (Å²) in [5.74, 6) is 0.243. The van der Waals surface area contributed by atoms with Gasteiger partial charge in [0, 0.05) is 12.6 Å². The first-order chi connectivity index (χ1) is 12.1. The molecule has 7 heteroatoms. The van der Waals surface area contributed by atoms with Gasteiger partial charge in [0.05, 0.1) is 16.1 Å². The second-order valence-corrected chi connectivity index (χ2v) is 5.76. The molecule has 0 atom stereocenters. The molecule has 128 valence electrons. The summed E-state index contributed by atoms with van der Waals surface area (Å²) in [5, 5.41) is 15.3. The highest BCUT2D eigenvalue weighted by Crippen LogP contribution is 2.27. The molecule has 0 aliphatic carbocycles. The maximum absolute atomic E-state index is 12.1. The van der Waals surface area contributed by atoms with Gasteiger partial charge < -0.3 is 14.9 Å². The summed E-state index contributed by atoms with van der Waals surface area (Å²) in [6, 6.07) is 14.4. The molecule has 1 amide bonds. The summed E-state index contributed by atoms with van der Waals surface area (Å²) in [7, 11) is 2.91. The lowest BCUT2D eigenvalue weighted by atomic mass is 10.0. The molecule has 6 nitrogen and oxygen atoms in total. The van der Waals surface area contributed by atoms with Crippen LogP contribution in [0.2, 0.25) is 0 Å². The van der Waals surface area contributed by atoms with Crippen molar-refractivity contribution in [3.8, 4) is 11.8 Å². The molecular weight excluding hydrogens is 386 g/mol. The monoisotopic (exact) mass is 401 g/mol. The number of hydrogen-bond acceptors (Lipinski definition) is 5. The van der Waals surface area contributed by atoms with Crippen molar-refractivity contribution in [3.05, 3.63) is 63.6 Å². The molecule has 2 aromatic carbocycles. The minimum absolute atomic E-state index is 0.170. The van der Waals surface area contributed by atoms with Crippen LogP contribution in [0.5, 0.6) is 5.75 Å². The quantitative estimate of drug-likeness (QED) is 0.595. The van der Waals surface area contributed by atoms with Crippen LogP contribution in [0.15, 0.2) is 52.1 Å². The van der Waals surface area contributed by atoms with Gasteiger partial charge in [-0.05, 0) is 39.7 Å².